The molecule has 0 aliphatic heterocycles. The quantitative estimate of drug-likeness (QED) is 0.443. The fourth-order valence-electron chi connectivity index (χ4n) is 1.89. The van der Waals surface area contributed by atoms with Crippen molar-refractivity contribution in [2.75, 3.05) is 24.4 Å². The van der Waals surface area contributed by atoms with Crippen molar-refractivity contribution >= 4 is 47.8 Å². The lowest BCUT2D eigenvalue weighted by Gasteiger charge is -2.31. The number of ether oxygens (including phenoxy) is 1. The standard InChI is InChI=1S/C13H17Br3O/c1-17-8-4-7-13(9-14,10-15)11-5-2-3-6-12(11)16/h2-3,5-6H,4,7-10H2,1H3. The van der Waals surface area contributed by atoms with E-state index in [9.17, 15) is 0 Å². The van der Waals surface area contributed by atoms with Crippen LogP contribution in [0.15, 0.2) is 28.7 Å². The van der Waals surface area contributed by atoms with Crippen LogP contribution < -0.4 is 0 Å². The van der Waals surface area contributed by atoms with E-state index in [1.165, 1.54) is 10.0 Å². The highest BCUT2D eigenvalue weighted by Crippen LogP contribution is 2.37. The molecule has 4 heteroatoms. The molecule has 96 valence electrons. The molecule has 1 rings (SSSR count). The van der Waals surface area contributed by atoms with Crippen molar-refractivity contribution in [1.82, 2.24) is 0 Å². The molecule has 17 heavy (non-hydrogen) atoms. The van der Waals surface area contributed by atoms with E-state index in [1.807, 2.05) is 0 Å². The minimum absolute atomic E-state index is 0.124. The summed E-state index contributed by atoms with van der Waals surface area (Å²) in [4.78, 5) is 0. The number of methoxy groups -OCH3 is 1. The summed E-state index contributed by atoms with van der Waals surface area (Å²) in [7, 11) is 1.75. The molecule has 0 N–H and O–H groups in total. The summed E-state index contributed by atoms with van der Waals surface area (Å²) in [6.45, 7) is 0.812. The summed E-state index contributed by atoms with van der Waals surface area (Å²) in [5.41, 5.74) is 1.48. The van der Waals surface area contributed by atoms with Gasteiger partial charge in [-0.05, 0) is 24.5 Å². The van der Waals surface area contributed by atoms with E-state index in [1.54, 1.807) is 7.11 Å². The van der Waals surface area contributed by atoms with Crippen LogP contribution >= 0.6 is 47.8 Å². The number of halogens is 3. The Labute approximate surface area is 129 Å². The molecule has 0 aromatic heterocycles. The van der Waals surface area contributed by atoms with Gasteiger partial charge in [0.15, 0.2) is 0 Å². The molecule has 0 fully saturated rings. The maximum atomic E-state index is 5.15. The van der Waals surface area contributed by atoms with Crippen molar-refractivity contribution in [3.63, 3.8) is 0 Å². The van der Waals surface area contributed by atoms with Crippen LogP contribution in [0.3, 0.4) is 0 Å². The fraction of sp³-hybridized carbons (Fsp3) is 0.538. The smallest absolute Gasteiger partial charge is 0.0462 e. The minimum Gasteiger partial charge on any atom is -0.385 e. The zero-order chi connectivity index (χ0) is 12.7. The van der Waals surface area contributed by atoms with Crippen LogP contribution in [-0.2, 0) is 10.2 Å². The number of rotatable bonds is 7. The molecule has 1 nitrogen and oxygen atoms in total. The van der Waals surface area contributed by atoms with Crippen molar-refractivity contribution < 1.29 is 4.74 Å². The maximum absolute atomic E-state index is 5.15. The van der Waals surface area contributed by atoms with Gasteiger partial charge >= 0.3 is 0 Å². The van der Waals surface area contributed by atoms with Crippen LogP contribution in [0.25, 0.3) is 0 Å². The first-order valence-electron chi connectivity index (χ1n) is 5.56. The van der Waals surface area contributed by atoms with Crippen LogP contribution in [-0.4, -0.2) is 24.4 Å². The Morgan fingerprint density at radius 1 is 1.18 bits per heavy atom. The van der Waals surface area contributed by atoms with Crippen molar-refractivity contribution in [2.45, 2.75) is 18.3 Å². The zero-order valence-electron chi connectivity index (χ0n) is 9.89. The van der Waals surface area contributed by atoms with Crippen LogP contribution in [0.4, 0.5) is 0 Å². The van der Waals surface area contributed by atoms with Crippen LogP contribution in [0, 0.1) is 0 Å². The maximum Gasteiger partial charge on any atom is 0.0462 e. The van der Waals surface area contributed by atoms with Crippen LogP contribution in [0.1, 0.15) is 18.4 Å². The molecule has 0 saturated carbocycles. The van der Waals surface area contributed by atoms with E-state index in [0.29, 0.717) is 0 Å². The van der Waals surface area contributed by atoms with Gasteiger partial charge in [-0.15, -0.1) is 0 Å². The van der Waals surface area contributed by atoms with Gasteiger partial charge < -0.3 is 4.74 Å². The van der Waals surface area contributed by atoms with Gasteiger partial charge in [-0.3, -0.25) is 0 Å². The van der Waals surface area contributed by atoms with E-state index in [2.05, 4.69) is 72.1 Å². The number of hydrogen-bond acceptors (Lipinski definition) is 1. The lowest BCUT2D eigenvalue weighted by molar-refractivity contribution is 0.186. The number of alkyl halides is 2. The zero-order valence-corrected chi connectivity index (χ0v) is 14.6. The number of hydrogen-bond donors (Lipinski definition) is 0. The first-order chi connectivity index (χ1) is 8.20. The van der Waals surface area contributed by atoms with Crippen molar-refractivity contribution in [2.24, 2.45) is 0 Å². The SMILES string of the molecule is COCCCC(CBr)(CBr)c1ccccc1Br. The normalized spacial score (nSPS) is 11.8. The Balaban J connectivity index is 2.94. The van der Waals surface area contributed by atoms with Crippen molar-refractivity contribution in [3.8, 4) is 0 Å². The molecule has 0 aliphatic carbocycles. The van der Waals surface area contributed by atoms with Crippen molar-refractivity contribution in [1.29, 1.82) is 0 Å². The molecule has 0 heterocycles. The lowest BCUT2D eigenvalue weighted by Crippen LogP contribution is -2.31. The van der Waals surface area contributed by atoms with Gasteiger partial charge in [-0.1, -0.05) is 66.0 Å². The van der Waals surface area contributed by atoms with E-state index in [4.69, 9.17) is 4.74 Å². The number of benzene rings is 1. The third-order valence-electron chi connectivity index (χ3n) is 2.96. The Morgan fingerprint density at radius 2 is 1.82 bits per heavy atom. The Kier molecular flexibility index (Phi) is 7.31. The van der Waals surface area contributed by atoms with Gasteiger partial charge in [0.25, 0.3) is 0 Å². The topological polar surface area (TPSA) is 9.23 Å². The summed E-state index contributed by atoms with van der Waals surface area (Å²) in [6.07, 6.45) is 2.16. The summed E-state index contributed by atoms with van der Waals surface area (Å²) < 4.78 is 6.33. The van der Waals surface area contributed by atoms with Gasteiger partial charge in [0.1, 0.15) is 0 Å². The van der Waals surface area contributed by atoms with Gasteiger partial charge in [0, 0.05) is 34.3 Å². The average Bonchev–Trinajstić information content (AvgIpc) is 2.36. The predicted octanol–water partition coefficient (Wildman–Crippen LogP) is 4.90. The lowest BCUT2D eigenvalue weighted by atomic mass is 9.80. The highest BCUT2D eigenvalue weighted by atomic mass is 79.9. The molecule has 0 bridgehead atoms. The van der Waals surface area contributed by atoms with Crippen LogP contribution in [0.5, 0.6) is 0 Å². The molecule has 1 aromatic rings. The molecule has 0 radical (unpaired) electrons. The highest BCUT2D eigenvalue weighted by molar-refractivity contribution is 9.10. The Morgan fingerprint density at radius 3 is 2.35 bits per heavy atom. The monoisotopic (exact) mass is 426 g/mol. The summed E-state index contributed by atoms with van der Waals surface area (Å²) >= 11 is 11.0. The van der Waals surface area contributed by atoms with Gasteiger partial charge in [0.2, 0.25) is 0 Å². The predicted molar refractivity (Wildman–Crippen MR) is 84.5 cm³/mol. The molecular weight excluding hydrogens is 412 g/mol. The largest absolute Gasteiger partial charge is 0.385 e. The van der Waals surface area contributed by atoms with Gasteiger partial charge in [-0.25, -0.2) is 0 Å². The molecule has 0 amide bonds. The molecule has 1 aromatic carbocycles. The van der Waals surface area contributed by atoms with Gasteiger partial charge in [-0.2, -0.15) is 0 Å². The fourth-order valence-corrected chi connectivity index (χ4v) is 4.69. The van der Waals surface area contributed by atoms with Gasteiger partial charge in [0.05, 0.1) is 0 Å². The van der Waals surface area contributed by atoms with E-state index in [0.717, 1.165) is 30.1 Å². The van der Waals surface area contributed by atoms with Crippen LogP contribution in [0.2, 0.25) is 0 Å². The molecular formula is C13H17Br3O. The molecule has 0 spiro atoms. The second-order valence-electron chi connectivity index (χ2n) is 4.12. The first-order valence-corrected chi connectivity index (χ1v) is 8.59. The summed E-state index contributed by atoms with van der Waals surface area (Å²) in [5, 5.41) is 1.88. The third-order valence-corrected chi connectivity index (χ3v) is 5.80. The average molecular weight is 429 g/mol. The second-order valence-corrected chi connectivity index (χ2v) is 6.10. The molecule has 0 saturated heterocycles. The molecule has 0 aliphatic rings. The van der Waals surface area contributed by atoms with E-state index < -0.39 is 0 Å². The van der Waals surface area contributed by atoms with E-state index >= 15 is 0 Å². The highest BCUT2D eigenvalue weighted by Gasteiger charge is 2.31. The second kappa shape index (κ2) is 7.93. The summed E-state index contributed by atoms with van der Waals surface area (Å²) in [6, 6.07) is 8.44. The molecule has 0 unspecified atom stereocenters. The van der Waals surface area contributed by atoms with E-state index in [-0.39, 0.29) is 5.41 Å². The first kappa shape index (κ1) is 15.7. The third kappa shape index (κ3) is 4.05. The van der Waals surface area contributed by atoms with Crippen molar-refractivity contribution in [3.05, 3.63) is 34.3 Å². The molecule has 0 atom stereocenters. The Hall–Kier alpha value is 0.620. The Bertz CT molecular complexity index is 337. The summed E-state index contributed by atoms with van der Waals surface area (Å²) in [5.74, 6) is 0. The minimum atomic E-state index is 0.124.